The van der Waals surface area contributed by atoms with Crippen LogP contribution in [0.1, 0.15) is 18.5 Å². The number of amides is 3. The second-order valence-corrected chi connectivity index (χ2v) is 6.45. The molecule has 3 N–H and O–H groups in total. The summed E-state index contributed by atoms with van der Waals surface area (Å²) in [4.78, 5) is 26.0. The van der Waals surface area contributed by atoms with Crippen molar-refractivity contribution in [2.75, 3.05) is 13.1 Å². The lowest BCUT2D eigenvalue weighted by Crippen LogP contribution is -2.44. The van der Waals surface area contributed by atoms with Crippen LogP contribution in [0.2, 0.25) is 10.0 Å². The smallest absolute Gasteiger partial charge is 0.319 e. The molecule has 2 heterocycles. The van der Waals surface area contributed by atoms with Gasteiger partial charge in [0.1, 0.15) is 0 Å². The third kappa shape index (κ3) is 3.02. The van der Waals surface area contributed by atoms with Crippen molar-refractivity contribution < 1.29 is 14.7 Å². The van der Waals surface area contributed by atoms with Crippen LogP contribution in [-0.2, 0) is 4.79 Å². The van der Waals surface area contributed by atoms with Gasteiger partial charge in [0, 0.05) is 6.54 Å². The van der Waals surface area contributed by atoms with Crippen LogP contribution in [0, 0.1) is 0 Å². The summed E-state index contributed by atoms with van der Waals surface area (Å²) in [6.07, 6.45) is -0.646. The van der Waals surface area contributed by atoms with Gasteiger partial charge in [0.2, 0.25) is 0 Å². The fourth-order valence-electron chi connectivity index (χ4n) is 2.84. The number of nitrogens with one attached hydrogen (secondary N) is 2. The molecular formula is C15H15Cl2N3O3. The molecule has 0 fully saturated rings. The number of benzene rings is 1. The van der Waals surface area contributed by atoms with Crippen LogP contribution < -0.4 is 10.6 Å². The van der Waals surface area contributed by atoms with E-state index in [1.807, 2.05) is 0 Å². The SMILES string of the molecule is C[C@H](O)CN1CC2=C(C1=O)[C@@H](c1ccc(Cl)c(Cl)c1)NC(=O)N2. The fraction of sp³-hybridized carbons (Fsp3) is 0.333. The molecule has 122 valence electrons. The first-order valence-corrected chi connectivity index (χ1v) is 7.85. The van der Waals surface area contributed by atoms with Gasteiger partial charge in [0.05, 0.1) is 40.0 Å². The molecule has 0 saturated carbocycles. The lowest BCUT2D eigenvalue weighted by molar-refractivity contribution is -0.126. The van der Waals surface area contributed by atoms with E-state index >= 15 is 0 Å². The lowest BCUT2D eigenvalue weighted by Gasteiger charge is -2.25. The predicted octanol–water partition coefficient (Wildman–Crippen LogP) is 1.82. The Morgan fingerprint density at radius 2 is 2.09 bits per heavy atom. The minimum absolute atomic E-state index is 0.204. The quantitative estimate of drug-likeness (QED) is 0.773. The summed E-state index contributed by atoms with van der Waals surface area (Å²) < 4.78 is 0. The summed E-state index contributed by atoms with van der Waals surface area (Å²) >= 11 is 12.0. The molecule has 0 radical (unpaired) electrons. The van der Waals surface area contributed by atoms with Gasteiger partial charge in [0.15, 0.2) is 0 Å². The molecule has 3 rings (SSSR count). The first kappa shape index (κ1) is 16.1. The monoisotopic (exact) mass is 355 g/mol. The van der Waals surface area contributed by atoms with Gasteiger partial charge in [-0.15, -0.1) is 0 Å². The number of nitrogens with zero attached hydrogens (tertiary/aromatic N) is 1. The standard InChI is InChI=1S/C15H15Cl2N3O3/c1-7(21)5-20-6-11-12(14(20)22)13(19-15(23)18-11)8-2-3-9(16)10(17)4-8/h2-4,7,13,21H,5-6H2,1H3,(H2,18,19,23)/t7-,13+/m0/s1. The highest BCUT2D eigenvalue weighted by molar-refractivity contribution is 6.42. The maximum absolute atomic E-state index is 12.6. The van der Waals surface area contributed by atoms with E-state index in [-0.39, 0.29) is 25.0 Å². The fourth-order valence-corrected chi connectivity index (χ4v) is 3.14. The summed E-state index contributed by atoms with van der Waals surface area (Å²) in [5.74, 6) is -0.218. The van der Waals surface area contributed by atoms with Crippen molar-refractivity contribution >= 4 is 35.1 Å². The molecule has 1 aromatic carbocycles. The largest absolute Gasteiger partial charge is 0.392 e. The molecule has 0 unspecified atom stereocenters. The first-order valence-electron chi connectivity index (χ1n) is 7.09. The van der Waals surface area contributed by atoms with Crippen molar-refractivity contribution in [3.05, 3.63) is 45.1 Å². The van der Waals surface area contributed by atoms with Crippen LogP contribution in [0.3, 0.4) is 0 Å². The highest BCUT2D eigenvalue weighted by Gasteiger charge is 2.40. The van der Waals surface area contributed by atoms with Crippen molar-refractivity contribution in [2.24, 2.45) is 0 Å². The van der Waals surface area contributed by atoms with Crippen LogP contribution in [0.15, 0.2) is 29.5 Å². The number of hydrogen-bond acceptors (Lipinski definition) is 3. The average Bonchev–Trinajstić information content (AvgIpc) is 2.76. The summed E-state index contributed by atoms with van der Waals surface area (Å²) in [6.45, 7) is 2.08. The molecule has 0 aliphatic carbocycles. The normalized spacial score (nSPS) is 21.9. The van der Waals surface area contributed by atoms with E-state index in [0.717, 1.165) is 0 Å². The Morgan fingerprint density at radius 1 is 1.35 bits per heavy atom. The van der Waals surface area contributed by atoms with E-state index in [1.54, 1.807) is 25.1 Å². The number of β-amino-alcohol motifs (C(OH)–C–C–N with tert-alkyl or cyclic N) is 1. The van der Waals surface area contributed by atoms with Crippen molar-refractivity contribution in [1.29, 1.82) is 0 Å². The van der Waals surface area contributed by atoms with E-state index in [2.05, 4.69) is 10.6 Å². The number of hydrogen-bond donors (Lipinski definition) is 3. The molecule has 2 aliphatic heterocycles. The van der Waals surface area contributed by atoms with Crippen LogP contribution >= 0.6 is 23.2 Å². The van der Waals surface area contributed by atoms with Gasteiger partial charge in [0.25, 0.3) is 5.91 Å². The summed E-state index contributed by atoms with van der Waals surface area (Å²) in [7, 11) is 0. The number of aliphatic hydroxyl groups is 1. The van der Waals surface area contributed by atoms with Gasteiger partial charge in [-0.1, -0.05) is 29.3 Å². The lowest BCUT2D eigenvalue weighted by atomic mass is 9.96. The maximum atomic E-state index is 12.6. The summed E-state index contributed by atoms with van der Waals surface area (Å²) in [5, 5.41) is 15.7. The van der Waals surface area contributed by atoms with Gasteiger partial charge in [-0.3, -0.25) is 4.79 Å². The second-order valence-electron chi connectivity index (χ2n) is 5.63. The molecule has 0 bridgehead atoms. The van der Waals surface area contributed by atoms with Crippen LogP contribution in [0.25, 0.3) is 0 Å². The number of halogens is 2. The van der Waals surface area contributed by atoms with Crippen LogP contribution in [-0.4, -0.2) is 41.1 Å². The molecule has 3 amide bonds. The average molecular weight is 356 g/mol. The van der Waals surface area contributed by atoms with E-state index in [4.69, 9.17) is 23.2 Å². The molecule has 8 heteroatoms. The third-order valence-corrected chi connectivity index (χ3v) is 4.52. The van der Waals surface area contributed by atoms with E-state index in [9.17, 15) is 14.7 Å². The Labute approximate surface area is 143 Å². The zero-order valence-electron chi connectivity index (χ0n) is 12.3. The van der Waals surface area contributed by atoms with Crippen molar-refractivity contribution in [3.8, 4) is 0 Å². The van der Waals surface area contributed by atoms with E-state index in [1.165, 1.54) is 4.90 Å². The topological polar surface area (TPSA) is 81.7 Å². The Balaban J connectivity index is 1.97. The first-order chi connectivity index (χ1) is 10.9. The number of carbonyl (C=O) groups excluding carboxylic acids is 2. The second kappa shape index (κ2) is 6.03. The van der Waals surface area contributed by atoms with Crippen LogP contribution in [0.5, 0.6) is 0 Å². The highest BCUT2D eigenvalue weighted by Crippen LogP contribution is 2.34. The third-order valence-electron chi connectivity index (χ3n) is 3.78. The Bertz CT molecular complexity index is 718. The van der Waals surface area contributed by atoms with Crippen molar-refractivity contribution in [3.63, 3.8) is 0 Å². The van der Waals surface area contributed by atoms with Crippen LogP contribution in [0.4, 0.5) is 4.79 Å². The molecule has 0 aromatic heterocycles. The minimum atomic E-state index is -0.646. The Morgan fingerprint density at radius 3 is 2.74 bits per heavy atom. The van der Waals surface area contributed by atoms with Crippen molar-refractivity contribution in [1.82, 2.24) is 15.5 Å². The van der Waals surface area contributed by atoms with Crippen molar-refractivity contribution in [2.45, 2.75) is 19.1 Å². The Hall–Kier alpha value is -1.76. The molecular weight excluding hydrogens is 341 g/mol. The summed E-state index contributed by atoms with van der Waals surface area (Å²) in [5.41, 5.74) is 1.69. The highest BCUT2D eigenvalue weighted by atomic mass is 35.5. The van der Waals surface area contributed by atoms with E-state index < -0.39 is 12.1 Å². The number of aliphatic hydroxyl groups excluding tert-OH is 1. The van der Waals surface area contributed by atoms with Gasteiger partial charge < -0.3 is 20.6 Å². The maximum Gasteiger partial charge on any atom is 0.319 e. The molecule has 1 aromatic rings. The summed E-state index contributed by atoms with van der Waals surface area (Å²) in [6, 6.07) is 4.00. The molecule has 2 atom stereocenters. The van der Waals surface area contributed by atoms with Gasteiger partial charge in [-0.25, -0.2) is 4.79 Å². The number of urea groups is 1. The van der Waals surface area contributed by atoms with Gasteiger partial charge in [-0.05, 0) is 24.6 Å². The molecule has 0 spiro atoms. The van der Waals surface area contributed by atoms with E-state index in [0.29, 0.717) is 26.9 Å². The van der Waals surface area contributed by atoms with Gasteiger partial charge in [-0.2, -0.15) is 0 Å². The molecule has 0 saturated heterocycles. The number of rotatable bonds is 3. The molecule has 23 heavy (non-hydrogen) atoms. The zero-order valence-corrected chi connectivity index (χ0v) is 13.8. The number of carbonyl (C=O) groups is 2. The van der Waals surface area contributed by atoms with Gasteiger partial charge >= 0.3 is 6.03 Å². The zero-order chi connectivity index (χ0) is 16.7. The predicted molar refractivity (Wildman–Crippen MR) is 86.2 cm³/mol. The Kier molecular flexibility index (Phi) is 4.23. The molecule has 2 aliphatic rings. The molecule has 6 nitrogen and oxygen atoms in total. The minimum Gasteiger partial charge on any atom is -0.392 e.